The van der Waals surface area contributed by atoms with Crippen LogP contribution in [0, 0.1) is 5.92 Å². The van der Waals surface area contributed by atoms with Crippen molar-refractivity contribution in [3.05, 3.63) is 32.7 Å². The van der Waals surface area contributed by atoms with Crippen LogP contribution in [0.15, 0.2) is 27.1 Å². The van der Waals surface area contributed by atoms with E-state index < -0.39 is 10.1 Å². The normalized spacial score (nSPS) is 13.9. The Bertz CT molecular complexity index is 512. The third kappa shape index (κ3) is 4.99. The maximum atomic E-state index is 11.1. The molecular formula is C12H16Br2O3S. The number of benzene rings is 1. The van der Waals surface area contributed by atoms with Crippen molar-refractivity contribution in [2.45, 2.75) is 19.8 Å². The highest BCUT2D eigenvalue weighted by Crippen LogP contribution is 2.33. The van der Waals surface area contributed by atoms with Gasteiger partial charge in [-0.1, -0.05) is 51.8 Å². The van der Waals surface area contributed by atoms with Gasteiger partial charge in [-0.15, -0.1) is 0 Å². The molecule has 0 spiro atoms. The van der Waals surface area contributed by atoms with E-state index in [0.29, 0.717) is 0 Å². The molecule has 1 rings (SSSR count). The fourth-order valence-corrected chi connectivity index (χ4v) is 3.38. The van der Waals surface area contributed by atoms with Crippen molar-refractivity contribution < 1.29 is 12.6 Å². The molecule has 1 unspecified atom stereocenters. The highest BCUT2D eigenvalue weighted by atomic mass is 79.9. The predicted molar refractivity (Wildman–Crippen MR) is 80.2 cm³/mol. The Hall–Kier alpha value is 0.0900. The zero-order valence-electron chi connectivity index (χ0n) is 10.5. The van der Waals surface area contributed by atoms with Gasteiger partial charge in [0.2, 0.25) is 0 Å². The van der Waals surface area contributed by atoms with E-state index in [1.807, 2.05) is 32.0 Å². The Balaban J connectivity index is 2.98. The summed E-state index contributed by atoms with van der Waals surface area (Å²) < 4.78 is 29.0. The fraction of sp³-hybridized carbons (Fsp3) is 0.500. The van der Waals surface area contributed by atoms with E-state index in [-0.39, 0.29) is 18.4 Å². The van der Waals surface area contributed by atoms with Gasteiger partial charge >= 0.3 is 0 Å². The Morgan fingerprint density at radius 1 is 1.28 bits per heavy atom. The second-order valence-corrected chi connectivity index (χ2v) is 7.92. The van der Waals surface area contributed by atoms with Crippen LogP contribution < -0.4 is 0 Å². The number of hydrogen-bond acceptors (Lipinski definition) is 3. The Morgan fingerprint density at radius 3 is 2.33 bits per heavy atom. The van der Waals surface area contributed by atoms with Crippen LogP contribution in [-0.2, 0) is 14.3 Å². The van der Waals surface area contributed by atoms with Crippen molar-refractivity contribution in [1.82, 2.24) is 0 Å². The molecule has 0 radical (unpaired) electrons. The van der Waals surface area contributed by atoms with Crippen molar-refractivity contribution in [1.29, 1.82) is 0 Å². The van der Waals surface area contributed by atoms with Crippen LogP contribution in [0.5, 0.6) is 0 Å². The molecule has 6 heteroatoms. The van der Waals surface area contributed by atoms with Crippen molar-refractivity contribution in [3.8, 4) is 0 Å². The first-order valence-corrected chi connectivity index (χ1v) is 8.90. The molecule has 102 valence electrons. The molecular weight excluding hydrogens is 384 g/mol. The lowest BCUT2D eigenvalue weighted by Gasteiger charge is -2.22. The minimum absolute atomic E-state index is 0.0298. The third-order valence-electron chi connectivity index (χ3n) is 2.63. The van der Waals surface area contributed by atoms with Crippen LogP contribution in [-0.4, -0.2) is 21.3 Å². The molecule has 0 aliphatic heterocycles. The Kier molecular flexibility index (Phi) is 5.83. The number of rotatable bonds is 5. The maximum absolute atomic E-state index is 11.1. The van der Waals surface area contributed by atoms with Crippen molar-refractivity contribution in [3.63, 3.8) is 0 Å². The van der Waals surface area contributed by atoms with Gasteiger partial charge < -0.3 is 0 Å². The van der Waals surface area contributed by atoms with E-state index in [9.17, 15) is 8.42 Å². The lowest BCUT2D eigenvalue weighted by atomic mass is 9.89. The molecule has 1 aromatic carbocycles. The van der Waals surface area contributed by atoms with Gasteiger partial charge in [0.15, 0.2) is 0 Å². The topological polar surface area (TPSA) is 43.4 Å². The van der Waals surface area contributed by atoms with Crippen molar-refractivity contribution in [2.75, 3.05) is 12.9 Å². The van der Waals surface area contributed by atoms with Gasteiger partial charge in [-0.05, 0) is 23.6 Å². The predicted octanol–water partition coefficient (Wildman–Crippen LogP) is 3.93. The maximum Gasteiger partial charge on any atom is 0.264 e. The average molecular weight is 400 g/mol. The van der Waals surface area contributed by atoms with Crippen LogP contribution in [0.3, 0.4) is 0 Å². The second-order valence-electron chi connectivity index (χ2n) is 4.50. The molecule has 1 aromatic rings. The van der Waals surface area contributed by atoms with E-state index in [2.05, 4.69) is 31.9 Å². The van der Waals surface area contributed by atoms with Gasteiger partial charge in [0.25, 0.3) is 10.1 Å². The minimum atomic E-state index is -3.41. The lowest BCUT2D eigenvalue weighted by Crippen LogP contribution is -2.17. The van der Waals surface area contributed by atoms with Gasteiger partial charge in [-0.3, -0.25) is 4.18 Å². The smallest absolute Gasteiger partial charge is 0.264 e. The molecule has 0 amide bonds. The lowest BCUT2D eigenvalue weighted by molar-refractivity contribution is 0.265. The van der Waals surface area contributed by atoms with Crippen LogP contribution in [0.2, 0.25) is 0 Å². The van der Waals surface area contributed by atoms with E-state index >= 15 is 0 Å². The summed E-state index contributed by atoms with van der Waals surface area (Å²) in [4.78, 5) is 0. The highest BCUT2D eigenvalue weighted by Gasteiger charge is 2.20. The molecule has 0 heterocycles. The zero-order valence-corrected chi connectivity index (χ0v) is 14.5. The first-order valence-electron chi connectivity index (χ1n) is 5.50. The van der Waals surface area contributed by atoms with E-state index in [0.717, 1.165) is 20.8 Å². The minimum Gasteiger partial charge on any atom is -0.270 e. The summed E-state index contributed by atoms with van der Waals surface area (Å²) >= 11 is 6.90. The molecule has 0 bridgehead atoms. The zero-order chi connectivity index (χ0) is 13.9. The van der Waals surface area contributed by atoms with Crippen LogP contribution in [0.4, 0.5) is 0 Å². The molecule has 0 saturated carbocycles. The summed E-state index contributed by atoms with van der Waals surface area (Å²) in [6, 6.07) is 5.87. The standard InChI is InChI=1S/C12H16Br2O3S/c1-8(2)11(7-17-18(3,15)16)10-5-4-9(13)6-12(10)14/h4-6,8,11H,7H2,1-3H3. The monoisotopic (exact) mass is 398 g/mol. The quantitative estimate of drug-likeness (QED) is 0.704. The SMILES string of the molecule is CC(C)C(COS(C)(=O)=O)c1ccc(Br)cc1Br. The Labute approximate surface area is 125 Å². The highest BCUT2D eigenvalue weighted by molar-refractivity contribution is 9.11. The molecule has 0 fully saturated rings. The van der Waals surface area contributed by atoms with Gasteiger partial charge in [-0.25, -0.2) is 0 Å². The summed E-state index contributed by atoms with van der Waals surface area (Å²) in [5, 5.41) is 0. The molecule has 0 N–H and O–H groups in total. The van der Waals surface area contributed by atoms with E-state index in [1.165, 1.54) is 0 Å². The van der Waals surface area contributed by atoms with Crippen LogP contribution in [0.25, 0.3) is 0 Å². The molecule has 0 saturated heterocycles. The van der Waals surface area contributed by atoms with Gasteiger partial charge in [0.1, 0.15) is 0 Å². The fourth-order valence-electron chi connectivity index (χ4n) is 1.64. The molecule has 3 nitrogen and oxygen atoms in total. The van der Waals surface area contributed by atoms with E-state index in [1.54, 1.807) is 0 Å². The van der Waals surface area contributed by atoms with Gasteiger partial charge in [-0.2, -0.15) is 8.42 Å². The molecule has 0 aliphatic rings. The summed E-state index contributed by atoms with van der Waals surface area (Å²) in [6.45, 7) is 4.26. The first-order chi connectivity index (χ1) is 8.20. The van der Waals surface area contributed by atoms with Crippen molar-refractivity contribution in [2.24, 2.45) is 5.92 Å². The molecule has 0 aromatic heterocycles. The van der Waals surface area contributed by atoms with Crippen molar-refractivity contribution >= 4 is 42.0 Å². The Morgan fingerprint density at radius 2 is 1.89 bits per heavy atom. The molecule has 1 atom stereocenters. The number of halogens is 2. The van der Waals surface area contributed by atoms with Gasteiger partial charge in [0, 0.05) is 14.9 Å². The summed E-state index contributed by atoms with van der Waals surface area (Å²) in [7, 11) is -3.41. The first kappa shape index (κ1) is 16.1. The average Bonchev–Trinajstić information content (AvgIpc) is 2.18. The second kappa shape index (κ2) is 6.50. The summed E-state index contributed by atoms with van der Waals surface area (Å²) in [6.07, 6.45) is 1.07. The number of hydrogen-bond donors (Lipinski definition) is 0. The van der Waals surface area contributed by atoms with Crippen LogP contribution in [0.1, 0.15) is 25.3 Å². The van der Waals surface area contributed by atoms with Gasteiger partial charge in [0.05, 0.1) is 12.9 Å². The van der Waals surface area contributed by atoms with E-state index in [4.69, 9.17) is 4.18 Å². The summed E-state index contributed by atoms with van der Waals surface area (Å²) in [5.41, 5.74) is 1.05. The third-order valence-corrected chi connectivity index (χ3v) is 4.37. The molecule has 0 aliphatic carbocycles. The summed E-state index contributed by atoms with van der Waals surface area (Å²) in [5.74, 6) is 0.312. The van der Waals surface area contributed by atoms with Crippen LogP contribution >= 0.6 is 31.9 Å². The molecule has 18 heavy (non-hydrogen) atoms. The largest absolute Gasteiger partial charge is 0.270 e.